The summed E-state index contributed by atoms with van der Waals surface area (Å²) in [6.07, 6.45) is 67.6. The van der Waals surface area contributed by atoms with Crippen LogP contribution in [0.15, 0.2) is 48.6 Å². The summed E-state index contributed by atoms with van der Waals surface area (Å²) < 4.78 is 6.03. The molecule has 56 heavy (non-hydrogen) atoms. The Morgan fingerprint density at radius 2 is 0.714 bits per heavy atom. The topological polar surface area (TPSA) is 29.5 Å². The van der Waals surface area contributed by atoms with Crippen LogP contribution >= 0.6 is 0 Å². The lowest BCUT2D eigenvalue weighted by Gasteiger charge is -2.18. The van der Waals surface area contributed by atoms with Crippen molar-refractivity contribution >= 4 is 5.97 Å². The van der Waals surface area contributed by atoms with Crippen molar-refractivity contribution in [3.63, 3.8) is 0 Å². The third-order valence-corrected chi connectivity index (χ3v) is 11.2. The average molecular weight is 782 g/mol. The predicted octanol–water partition coefficient (Wildman–Crippen LogP) is 17.5. The monoisotopic (exact) mass is 782 g/mol. The van der Waals surface area contributed by atoms with E-state index in [1.807, 2.05) is 0 Å². The van der Waals surface area contributed by atoms with Gasteiger partial charge >= 0.3 is 5.97 Å². The second-order valence-electron chi connectivity index (χ2n) is 17.3. The Kier molecular flexibility index (Phi) is 46.4. The quantitative estimate of drug-likeness (QED) is 0.0350. The summed E-state index contributed by atoms with van der Waals surface area (Å²) in [4.78, 5) is 14.7. The van der Waals surface area contributed by atoms with Gasteiger partial charge in [0.15, 0.2) is 0 Å². The van der Waals surface area contributed by atoms with Crippen molar-refractivity contribution in [1.29, 1.82) is 0 Å². The Hall–Kier alpha value is -1.61. The molecule has 3 nitrogen and oxygen atoms in total. The molecule has 0 heterocycles. The molecule has 0 spiro atoms. The number of esters is 1. The van der Waals surface area contributed by atoms with E-state index in [-0.39, 0.29) is 12.1 Å². The maximum Gasteiger partial charge on any atom is 0.306 e. The Morgan fingerprint density at radius 3 is 1.07 bits per heavy atom. The lowest BCUT2D eigenvalue weighted by atomic mass is 10.0. The summed E-state index contributed by atoms with van der Waals surface area (Å²) in [6.45, 7) is 5.51. The maximum atomic E-state index is 12.6. The number of unbranched alkanes of at least 4 members (excludes halogenated alkanes) is 28. The minimum absolute atomic E-state index is 0.00949. The van der Waals surface area contributed by atoms with Crippen LogP contribution < -0.4 is 0 Å². The number of carbonyl (C=O) groups is 1. The largest absolute Gasteiger partial charge is 0.462 e. The molecule has 328 valence electrons. The van der Waals surface area contributed by atoms with Crippen LogP contribution in [0.3, 0.4) is 0 Å². The zero-order chi connectivity index (χ0) is 40.7. The molecule has 0 aromatic carbocycles. The molecule has 0 saturated carbocycles. The van der Waals surface area contributed by atoms with Crippen LogP contribution in [-0.4, -0.2) is 37.6 Å². The Balaban J connectivity index is 3.87. The molecule has 0 aliphatic rings. The highest BCUT2D eigenvalue weighted by Crippen LogP contribution is 2.19. The minimum atomic E-state index is 0.00949. The van der Waals surface area contributed by atoms with Gasteiger partial charge in [-0.25, -0.2) is 0 Å². The molecule has 0 amide bonds. The third-order valence-electron chi connectivity index (χ3n) is 11.2. The first-order valence-corrected chi connectivity index (χ1v) is 25.0. The van der Waals surface area contributed by atoms with Crippen molar-refractivity contribution in [2.75, 3.05) is 20.6 Å². The van der Waals surface area contributed by atoms with E-state index in [9.17, 15) is 4.79 Å². The van der Waals surface area contributed by atoms with E-state index in [1.54, 1.807) is 0 Å². The highest BCUT2D eigenvalue weighted by atomic mass is 16.5. The summed E-state index contributed by atoms with van der Waals surface area (Å²) >= 11 is 0. The van der Waals surface area contributed by atoms with Crippen LogP contribution in [0, 0.1) is 0 Å². The summed E-state index contributed by atoms with van der Waals surface area (Å²) in [5.74, 6) is 0.00949. The van der Waals surface area contributed by atoms with E-state index in [4.69, 9.17) is 4.74 Å². The first-order chi connectivity index (χ1) is 27.6. The van der Waals surface area contributed by atoms with Crippen LogP contribution in [0.4, 0.5) is 0 Å². The Bertz CT molecular complexity index is 886. The van der Waals surface area contributed by atoms with Crippen LogP contribution in [-0.2, 0) is 9.53 Å². The standard InChI is InChI=1S/C53H99NO2/c1-5-7-9-11-13-15-17-19-21-23-24-25-26-27-28-29-30-31-32-34-36-38-40-42-44-46-49-52(56-53(55)50-47-51-54(3)4)48-45-43-41-39-37-35-33-22-20-18-16-14-12-10-8-6-2/h14,16,20,22,28-29,31-32,52H,5-13,15,17-19,21,23-27,30,33-51H2,1-4H3/b16-14-,22-20-,29-28-,32-31-. The molecular weight excluding hydrogens is 683 g/mol. The predicted molar refractivity (Wildman–Crippen MR) is 252 cm³/mol. The summed E-state index contributed by atoms with van der Waals surface area (Å²) in [5.41, 5.74) is 0. The van der Waals surface area contributed by atoms with Crippen molar-refractivity contribution in [2.24, 2.45) is 0 Å². The van der Waals surface area contributed by atoms with Gasteiger partial charge in [-0.3, -0.25) is 4.79 Å². The molecule has 0 aliphatic carbocycles. The van der Waals surface area contributed by atoms with Gasteiger partial charge in [-0.2, -0.15) is 0 Å². The second kappa shape index (κ2) is 47.8. The number of ether oxygens (including phenoxy) is 1. The molecule has 1 unspecified atom stereocenters. The number of rotatable bonds is 45. The van der Waals surface area contributed by atoms with Crippen molar-refractivity contribution < 1.29 is 9.53 Å². The zero-order valence-electron chi connectivity index (χ0n) is 38.5. The van der Waals surface area contributed by atoms with Gasteiger partial charge in [0.2, 0.25) is 0 Å². The zero-order valence-corrected chi connectivity index (χ0v) is 38.5. The molecule has 0 saturated heterocycles. The molecule has 0 fully saturated rings. The van der Waals surface area contributed by atoms with Gasteiger partial charge in [-0.05, 0) is 117 Å². The fourth-order valence-electron chi connectivity index (χ4n) is 7.53. The second-order valence-corrected chi connectivity index (χ2v) is 17.3. The van der Waals surface area contributed by atoms with Crippen molar-refractivity contribution in [2.45, 2.75) is 264 Å². The Labute approximate surface area is 352 Å². The molecule has 3 heteroatoms. The fraction of sp³-hybridized carbons (Fsp3) is 0.830. The van der Waals surface area contributed by atoms with Crippen LogP contribution in [0.2, 0.25) is 0 Å². The first kappa shape index (κ1) is 54.4. The molecule has 0 bridgehead atoms. The summed E-state index contributed by atoms with van der Waals surface area (Å²) in [6, 6.07) is 0. The SMILES string of the molecule is CCCCC/C=C\C/C=C\CCCCCCCCC(CCCCCCCC/C=C\C/C=C\CCCCCCCCCCCCCCC)OC(=O)CCCN(C)C. The van der Waals surface area contributed by atoms with Crippen molar-refractivity contribution in [3.8, 4) is 0 Å². The lowest BCUT2D eigenvalue weighted by Crippen LogP contribution is -2.20. The molecule has 0 radical (unpaired) electrons. The van der Waals surface area contributed by atoms with E-state index in [0.29, 0.717) is 6.42 Å². The van der Waals surface area contributed by atoms with E-state index in [0.717, 1.165) is 38.6 Å². The van der Waals surface area contributed by atoms with Crippen LogP contribution in [0.5, 0.6) is 0 Å². The average Bonchev–Trinajstić information content (AvgIpc) is 3.18. The van der Waals surface area contributed by atoms with Crippen molar-refractivity contribution in [3.05, 3.63) is 48.6 Å². The molecule has 0 rings (SSSR count). The molecule has 1 atom stereocenters. The number of carbonyl (C=O) groups excluding carboxylic acids is 1. The number of hydrogen-bond donors (Lipinski definition) is 0. The van der Waals surface area contributed by atoms with Gasteiger partial charge in [0.1, 0.15) is 6.10 Å². The fourth-order valence-corrected chi connectivity index (χ4v) is 7.53. The van der Waals surface area contributed by atoms with Gasteiger partial charge in [0.25, 0.3) is 0 Å². The summed E-state index contributed by atoms with van der Waals surface area (Å²) in [5, 5.41) is 0. The molecule has 0 aliphatic heterocycles. The molecular formula is C53H99NO2. The highest BCUT2D eigenvalue weighted by molar-refractivity contribution is 5.69. The van der Waals surface area contributed by atoms with Gasteiger partial charge in [0, 0.05) is 6.42 Å². The molecule has 0 N–H and O–H groups in total. The van der Waals surface area contributed by atoms with E-state index in [1.165, 1.54) is 205 Å². The normalized spacial score (nSPS) is 12.8. The minimum Gasteiger partial charge on any atom is -0.462 e. The number of allylic oxidation sites excluding steroid dienone is 8. The van der Waals surface area contributed by atoms with Crippen LogP contribution in [0.25, 0.3) is 0 Å². The van der Waals surface area contributed by atoms with Gasteiger partial charge < -0.3 is 9.64 Å². The van der Waals surface area contributed by atoms with Gasteiger partial charge in [-0.1, -0.05) is 204 Å². The smallest absolute Gasteiger partial charge is 0.306 e. The Morgan fingerprint density at radius 1 is 0.411 bits per heavy atom. The molecule has 0 aromatic rings. The first-order valence-electron chi connectivity index (χ1n) is 25.0. The number of hydrogen-bond acceptors (Lipinski definition) is 3. The van der Waals surface area contributed by atoms with Crippen LogP contribution in [0.1, 0.15) is 258 Å². The van der Waals surface area contributed by atoms with Gasteiger partial charge in [0.05, 0.1) is 0 Å². The lowest BCUT2D eigenvalue weighted by molar-refractivity contribution is -0.150. The van der Waals surface area contributed by atoms with E-state index < -0.39 is 0 Å². The van der Waals surface area contributed by atoms with Gasteiger partial charge in [-0.15, -0.1) is 0 Å². The number of nitrogens with zero attached hydrogens (tertiary/aromatic N) is 1. The third kappa shape index (κ3) is 46.8. The summed E-state index contributed by atoms with van der Waals surface area (Å²) in [7, 11) is 4.13. The highest BCUT2D eigenvalue weighted by Gasteiger charge is 2.14. The van der Waals surface area contributed by atoms with E-state index >= 15 is 0 Å². The maximum absolute atomic E-state index is 12.6. The van der Waals surface area contributed by atoms with Crippen molar-refractivity contribution in [1.82, 2.24) is 4.90 Å². The molecule has 0 aromatic heterocycles. The van der Waals surface area contributed by atoms with E-state index in [2.05, 4.69) is 81.5 Å².